The first-order chi connectivity index (χ1) is 16.8. The maximum atomic E-state index is 11.9. The molecule has 0 fully saturated rings. The van der Waals surface area contributed by atoms with Crippen molar-refractivity contribution in [3.63, 3.8) is 0 Å². The highest BCUT2D eigenvalue weighted by atomic mass is 16.5. The number of aldehydes is 1. The summed E-state index contributed by atoms with van der Waals surface area (Å²) in [5.41, 5.74) is 2.31. The van der Waals surface area contributed by atoms with E-state index in [4.69, 9.17) is 19.7 Å². The van der Waals surface area contributed by atoms with Crippen LogP contribution < -0.4 is 9.47 Å². The molecule has 182 valence electrons. The summed E-state index contributed by atoms with van der Waals surface area (Å²) in [5.74, 6) is 0.518. The molecule has 35 heavy (non-hydrogen) atoms. The van der Waals surface area contributed by atoms with E-state index in [1.54, 1.807) is 36.4 Å². The topological polar surface area (TPSA) is 134 Å². The number of aliphatic hydroxyl groups is 1. The number of hydrogen-bond acceptors (Lipinski definition) is 8. The Morgan fingerprint density at radius 3 is 1.69 bits per heavy atom. The van der Waals surface area contributed by atoms with Gasteiger partial charge in [0.05, 0.1) is 20.8 Å². The van der Waals surface area contributed by atoms with E-state index in [0.29, 0.717) is 34.5 Å². The van der Waals surface area contributed by atoms with E-state index >= 15 is 0 Å². The second-order valence-electron chi connectivity index (χ2n) is 7.10. The van der Waals surface area contributed by atoms with Crippen molar-refractivity contribution in [3.8, 4) is 28.7 Å². The average Bonchev–Trinajstić information content (AvgIpc) is 2.88. The molecule has 0 amide bonds. The number of phenolic OH excluding ortho intramolecular Hbond substituents is 2. The molecular formula is C27H26O8. The van der Waals surface area contributed by atoms with Gasteiger partial charge in [-0.05, 0) is 65.7 Å². The van der Waals surface area contributed by atoms with Crippen LogP contribution in [-0.2, 0) is 11.4 Å². The lowest BCUT2D eigenvalue weighted by Crippen LogP contribution is -1.88. The second kappa shape index (κ2) is 13.2. The van der Waals surface area contributed by atoms with Crippen LogP contribution >= 0.6 is 0 Å². The Morgan fingerprint density at radius 2 is 1.20 bits per heavy atom. The summed E-state index contributed by atoms with van der Waals surface area (Å²) in [6.45, 7) is -0.274. The van der Waals surface area contributed by atoms with Gasteiger partial charge in [-0.3, -0.25) is 9.59 Å². The van der Waals surface area contributed by atoms with Gasteiger partial charge < -0.3 is 29.9 Å². The van der Waals surface area contributed by atoms with Gasteiger partial charge in [-0.2, -0.15) is 0 Å². The molecule has 8 nitrogen and oxygen atoms in total. The van der Waals surface area contributed by atoms with Gasteiger partial charge in [0, 0.05) is 11.1 Å². The van der Waals surface area contributed by atoms with Crippen LogP contribution in [0.4, 0.5) is 0 Å². The van der Waals surface area contributed by atoms with Gasteiger partial charge in [-0.1, -0.05) is 24.3 Å². The summed E-state index contributed by atoms with van der Waals surface area (Å²) in [5, 5.41) is 37.2. The number of ether oxygens (including phenoxy) is 2. The highest BCUT2D eigenvalue weighted by molar-refractivity contribution is 6.04. The van der Waals surface area contributed by atoms with E-state index in [1.165, 1.54) is 56.7 Å². The molecular weight excluding hydrogens is 452 g/mol. The maximum absolute atomic E-state index is 11.9. The maximum Gasteiger partial charge on any atom is 0.178 e. The molecule has 3 aromatic carbocycles. The van der Waals surface area contributed by atoms with Gasteiger partial charge in [0.15, 0.2) is 28.8 Å². The third-order valence-corrected chi connectivity index (χ3v) is 4.70. The van der Waals surface area contributed by atoms with Crippen molar-refractivity contribution in [2.75, 3.05) is 14.2 Å². The molecule has 3 rings (SSSR count). The monoisotopic (exact) mass is 478 g/mol. The SMILES string of the molecule is COc1cc(/C=C/C(=O)/C=C/c2ccc(O)c(CO)c2)ccc1O.COc1cc(C=O)ccc1O. The van der Waals surface area contributed by atoms with Crippen LogP contribution in [0, 0.1) is 0 Å². The number of rotatable bonds is 8. The summed E-state index contributed by atoms with van der Waals surface area (Å²) in [7, 11) is 2.89. The molecule has 0 atom stereocenters. The minimum atomic E-state index is -0.274. The van der Waals surface area contributed by atoms with Crippen LogP contribution in [0.3, 0.4) is 0 Å². The third kappa shape index (κ3) is 8.06. The normalized spacial score (nSPS) is 10.6. The average molecular weight is 478 g/mol. The van der Waals surface area contributed by atoms with Crippen LogP contribution in [0.5, 0.6) is 28.7 Å². The summed E-state index contributed by atoms with van der Waals surface area (Å²) in [4.78, 5) is 22.1. The van der Waals surface area contributed by atoms with Crippen LogP contribution in [0.25, 0.3) is 12.2 Å². The van der Waals surface area contributed by atoms with Crippen LogP contribution in [0.15, 0.2) is 66.7 Å². The number of carbonyl (C=O) groups is 2. The van der Waals surface area contributed by atoms with E-state index < -0.39 is 0 Å². The number of ketones is 1. The molecule has 0 saturated heterocycles. The zero-order valence-electron chi connectivity index (χ0n) is 19.2. The van der Waals surface area contributed by atoms with E-state index in [1.807, 2.05) is 0 Å². The minimum Gasteiger partial charge on any atom is -0.508 e. The molecule has 0 aliphatic heterocycles. The van der Waals surface area contributed by atoms with Crippen molar-refractivity contribution >= 4 is 24.2 Å². The van der Waals surface area contributed by atoms with Crippen molar-refractivity contribution in [1.82, 2.24) is 0 Å². The number of aliphatic hydroxyl groups excluding tert-OH is 1. The third-order valence-electron chi connectivity index (χ3n) is 4.70. The number of allylic oxidation sites excluding steroid dienone is 2. The molecule has 0 heterocycles. The Hall–Kier alpha value is -4.56. The Labute approximate surface area is 202 Å². The number of hydrogen-bond donors (Lipinski definition) is 4. The van der Waals surface area contributed by atoms with Crippen LogP contribution in [0.1, 0.15) is 27.0 Å². The van der Waals surface area contributed by atoms with E-state index in [0.717, 1.165) is 5.56 Å². The fourth-order valence-electron chi connectivity index (χ4n) is 2.81. The lowest BCUT2D eigenvalue weighted by atomic mass is 10.1. The zero-order valence-corrected chi connectivity index (χ0v) is 19.2. The van der Waals surface area contributed by atoms with Crippen molar-refractivity contribution in [3.05, 3.63) is 89.0 Å². The van der Waals surface area contributed by atoms with Gasteiger partial charge in [0.1, 0.15) is 12.0 Å². The quantitative estimate of drug-likeness (QED) is 0.281. The van der Waals surface area contributed by atoms with Crippen molar-refractivity contribution in [1.29, 1.82) is 0 Å². The molecule has 8 heteroatoms. The van der Waals surface area contributed by atoms with Gasteiger partial charge >= 0.3 is 0 Å². The molecule has 4 N–H and O–H groups in total. The second-order valence-corrected chi connectivity index (χ2v) is 7.10. The first-order valence-electron chi connectivity index (χ1n) is 10.3. The number of carbonyl (C=O) groups excluding carboxylic acids is 2. The Morgan fingerprint density at radius 1 is 0.743 bits per heavy atom. The summed E-state index contributed by atoms with van der Waals surface area (Å²) < 4.78 is 9.78. The van der Waals surface area contributed by atoms with Crippen LogP contribution in [0.2, 0.25) is 0 Å². The van der Waals surface area contributed by atoms with Crippen molar-refractivity contribution in [2.45, 2.75) is 6.61 Å². The van der Waals surface area contributed by atoms with E-state index in [-0.39, 0.29) is 29.6 Å². The van der Waals surface area contributed by atoms with E-state index in [2.05, 4.69) is 0 Å². The molecule has 0 bridgehead atoms. The number of aromatic hydroxyl groups is 3. The largest absolute Gasteiger partial charge is 0.508 e. The smallest absolute Gasteiger partial charge is 0.178 e. The molecule has 0 spiro atoms. The Balaban J connectivity index is 0.000000328. The highest BCUT2D eigenvalue weighted by Crippen LogP contribution is 2.27. The summed E-state index contributed by atoms with van der Waals surface area (Å²) in [6.07, 6.45) is 6.70. The number of methoxy groups -OCH3 is 2. The van der Waals surface area contributed by atoms with E-state index in [9.17, 15) is 19.8 Å². The molecule has 3 aromatic rings. The molecule has 0 unspecified atom stereocenters. The minimum absolute atomic E-state index is 0.0159. The molecule has 0 aliphatic rings. The van der Waals surface area contributed by atoms with Crippen LogP contribution in [-0.4, -0.2) is 46.7 Å². The fourth-order valence-corrected chi connectivity index (χ4v) is 2.81. The lowest BCUT2D eigenvalue weighted by molar-refractivity contribution is -0.110. The van der Waals surface area contributed by atoms with Crippen molar-refractivity contribution in [2.24, 2.45) is 0 Å². The van der Waals surface area contributed by atoms with Gasteiger partial charge in [0.25, 0.3) is 0 Å². The summed E-state index contributed by atoms with van der Waals surface area (Å²) >= 11 is 0. The molecule has 0 radical (unpaired) electrons. The Bertz CT molecular complexity index is 1160. The predicted molar refractivity (Wildman–Crippen MR) is 132 cm³/mol. The van der Waals surface area contributed by atoms with Gasteiger partial charge in [-0.25, -0.2) is 0 Å². The number of phenols is 3. The Kier molecular flexibility index (Phi) is 10.1. The molecule has 0 aliphatic carbocycles. The number of benzene rings is 3. The predicted octanol–water partition coefficient (Wildman–Crippen LogP) is 4.11. The zero-order chi connectivity index (χ0) is 25.8. The van der Waals surface area contributed by atoms with Gasteiger partial charge in [-0.15, -0.1) is 0 Å². The van der Waals surface area contributed by atoms with Gasteiger partial charge in [0.2, 0.25) is 0 Å². The standard InChI is InChI=1S/C19H18O5.C8H8O3/c1-24-19-11-14(5-9-18(19)23)3-7-16(21)6-2-13-4-8-17(22)15(10-13)12-20;1-11-8-4-6(5-9)2-3-7(8)10/h2-11,20,22-23H,12H2,1H3;2-5,10H,1H3/b6-2+,7-3+;. The molecule has 0 saturated carbocycles. The highest BCUT2D eigenvalue weighted by Gasteiger charge is 2.02. The first kappa shape index (κ1) is 26.7. The first-order valence-corrected chi connectivity index (χ1v) is 10.3. The lowest BCUT2D eigenvalue weighted by Gasteiger charge is -2.03. The fraction of sp³-hybridized carbons (Fsp3) is 0.111. The van der Waals surface area contributed by atoms with Crippen molar-refractivity contribution < 1.29 is 39.5 Å². The molecule has 0 aromatic heterocycles. The summed E-state index contributed by atoms with van der Waals surface area (Å²) in [6, 6.07) is 13.9.